The van der Waals surface area contributed by atoms with Crippen LogP contribution in [-0.2, 0) is 16.1 Å². The molecule has 1 N–H and O–H groups in total. The van der Waals surface area contributed by atoms with Crippen LogP contribution in [-0.4, -0.2) is 25.6 Å². The lowest BCUT2D eigenvalue weighted by atomic mass is 10.1. The first-order chi connectivity index (χ1) is 17.7. The van der Waals surface area contributed by atoms with E-state index in [2.05, 4.69) is 39.4 Å². The maximum atomic E-state index is 12.7. The van der Waals surface area contributed by atoms with Crippen molar-refractivity contribution in [1.82, 2.24) is 0 Å². The molecule has 3 aromatic carbocycles. The largest absolute Gasteiger partial charge is 0.493 e. The summed E-state index contributed by atoms with van der Waals surface area (Å²) < 4.78 is 17.1. The molecule has 0 spiro atoms. The fourth-order valence-corrected chi connectivity index (χ4v) is 4.26. The van der Waals surface area contributed by atoms with Crippen LogP contribution in [0.5, 0.6) is 11.5 Å². The van der Waals surface area contributed by atoms with Gasteiger partial charge >= 0.3 is 5.97 Å². The van der Waals surface area contributed by atoms with E-state index in [0.717, 1.165) is 16.7 Å². The first-order valence-electron chi connectivity index (χ1n) is 11.5. The number of anilines is 1. The Balaban J connectivity index is 1.77. The van der Waals surface area contributed by atoms with Gasteiger partial charge in [0.2, 0.25) is 0 Å². The number of hydrogen-bond donors (Lipinski definition) is 1. The average molecular weight is 563 g/mol. The topological polar surface area (TPSA) is 97.7 Å². The molecule has 0 aliphatic carbocycles. The number of amides is 1. The predicted molar refractivity (Wildman–Crippen MR) is 146 cm³/mol. The minimum absolute atomic E-state index is 0.104. The Hall–Kier alpha value is -4.09. The van der Waals surface area contributed by atoms with Gasteiger partial charge in [-0.15, -0.1) is 0 Å². The van der Waals surface area contributed by atoms with Gasteiger partial charge in [-0.05, 0) is 90.3 Å². The van der Waals surface area contributed by atoms with Gasteiger partial charge in [-0.3, -0.25) is 4.79 Å². The zero-order chi connectivity index (χ0) is 26.9. The van der Waals surface area contributed by atoms with Crippen LogP contribution in [0.25, 0.3) is 6.08 Å². The number of methoxy groups -OCH3 is 1. The molecule has 190 valence electrons. The van der Waals surface area contributed by atoms with Crippen molar-refractivity contribution in [2.45, 2.75) is 27.4 Å². The number of nitrogens with one attached hydrogen (secondary N) is 1. The average Bonchev–Trinajstić information content (AvgIpc) is 2.86. The van der Waals surface area contributed by atoms with E-state index in [1.165, 1.54) is 13.2 Å². The van der Waals surface area contributed by atoms with Crippen LogP contribution in [0.2, 0.25) is 0 Å². The van der Waals surface area contributed by atoms with E-state index in [-0.39, 0.29) is 12.2 Å². The third-order valence-electron chi connectivity index (χ3n) is 5.25. The summed E-state index contributed by atoms with van der Waals surface area (Å²) in [6.45, 7) is 6.43. The second-order valence-electron chi connectivity index (χ2n) is 8.24. The summed E-state index contributed by atoms with van der Waals surface area (Å²) in [7, 11) is 1.52. The van der Waals surface area contributed by atoms with Crippen LogP contribution in [0.3, 0.4) is 0 Å². The smallest absolute Gasteiger partial charge is 0.338 e. The molecule has 3 aromatic rings. The monoisotopic (exact) mass is 562 g/mol. The van der Waals surface area contributed by atoms with Crippen molar-refractivity contribution < 1.29 is 23.8 Å². The lowest BCUT2D eigenvalue weighted by Crippen LogP contribution is -2.13. The van der Waals surface area contributed by atoms with Gasteiger partial charge in [-0.1, -0.05) is 29.3 Å². The quantitative estimate of drug-likeness (QED) is 0.185. The number of carbonyl (C=O) groups excluding carboxylic acids is 2. The molecule has 0 aromatic heterocycles. The van der Waals surface area contributed by atoms with Gasteiger partial charge in [-0.25, -0.2) is 4.79 Å². The summed E-state index contributed by atoms with van der Waals surface area (Å²) in [5, 5.41) is 12.3. The van der Waals surface area contributed by atoms with Crippen LogP contribution >= 0.6 is 15.9 Å². The van der Waals surface area contributed by atoms with E-state index >= 15 is 0 Å². The summed E-state index contributed by atoms with van der Waals surface area (Å²) in [4.78, 5) is 24.5. The Morgan fingerprint density at radius 1 is 1.05 bits per heavy atom. The highest BCUT2D eigenvalue weighted by atomic mass is 79.9. The summed E-state index contributed by atoms with van der Waals surface area (Å²) in [5.41, 5.74) is 4.62. The van der Waals surface area contributed by atoms with Gasteiger partial charge in [-0.2, -0.15) is 5.26 Å². The Bertz CT molecular complexity index is 1350. The van der Waals surface area contributed by atoms with Crippen molar-refractivity contribution >= 4 is 39.6 Å². The highest BCUT2D eigenvalue weighted by molar-refractivity contribution is 9.10. The fraction of sp³-hybridized carbons (Fsp3) is 0.207. The highest BCUT2D eigenvalue weighted by Gasteiger charge is 2.15. The van der Waals surface area contributed by atoms with Crippen LogP contribution in [0, 0.1) is 25.2 Å². The number of hydrogen-bond acceptors (Lipinski definition) is 6. The zero-order valence-corrected chi connectivity index (χ0v) is 22.6. The molecule has 0 saturated carbocycles. The van der Waals surface area contributed by atoms with Crippen LogP contribution in [0.4, 0.5) is 5.69 Å². The molecule has 7 nitrogen and oxygen atoms in total. The second-order valence-corrected chi connectivity index (χ2v) is 9.09. The van der Waals surface area contributed by atoms with Crippen molar-refractivity contribution in [3.8, 4) is 17.6 Å². The van der Waals surface area contributed by atoms with Gasteiger partial charge in [0, 0.05) is 5.69 Å². The van der Waals surface area contributed by atoms with Gasteiger partial charge in [0.1, 0.15) is 18.2 Å². The third-order valence-corrected chi connectivity index (χ3v) is 5.84. The number of nitriles is 1. The molecule has 0 radical (unpaired) electrons. The lowest BCUT2D eigenvalue weighted by Gasteiger charge is -2.14. The molecule has 0 unspecified atom stereocenters. The van der Waals surface area contributed by atoms with Crippen LogP contribution in [0.1, 0.15) is 39.5 Å². The molecule has 1 amide bonds. The normalized spacial score (nSPS) is 10.9. The maximum absolute atomic E-state index is 12.7. The van der Waals surface area contributed by atoms with Gasteiger partial charge in [0.05, 0.1) is 23.8 Å². The molecule has 0 aliphatic rings. The highest BCUT2D eigenvalue weighted by Crippen LogP contribution is 2.38. The summed E-state index contributed by atoms with van der Waals surface area (Å²) in [6.07, 6.45) is 1.46. The molecular formula is C29H27BrN2O5. The molecule has 0 fully saturated rings. The summed E-state index contributed by atoms with van der Waals surface area (Å²) >= 11 is 3.52. The molecule has 0 bridgehead atoms. The van der Waals surface area contributed by atoms with Crippen molar-refractivity contribution in [3.05, 3.63) is 92.5 Å². The Kier molecular flexibility index (Phi) is 9.47. The number of halogens is 1. The molecular weight excluding hydrogens is 536 g/mol. The first kappa shape index (κ1) is 27.5. The van der Waals surface area contributed by atoms with E-state index in [0.29, 0.717) is 39.4 Å². The van der Waals surface area contributed by atoms with Crippen LogP contribution in [0.15, 0.2) is 64.6 Å². The maximum Gasteiger partial charge on any atom is 0.338 e. The molecule has 8 heteroatoms. The van der Waals surface area contributed by atoms with E-state index in [1.54, 1.807) is 43.3 Å². The number of rotatable bonds is 9. The van der Waals surface area contributed by atoms with Crippen molar-refractivity contribution in [2.75, 3.05) is 19.0 Å². The Morgan fingerprint density at radius 3 is 2.32 bits per heavy atom. The summed E-state index contributed by atoms with van der Waals surface area (Å²) in [5.74, 6) is -0.0590. The SMILES string of the molecule is CCOC(=O)c1ccc(NC(=O)/C(C#N)=C/c2cc(Br)c(OCc3cc(C)cc(C)c3)c(OC)c2)cc1. The van der Waals surface area contributed by atoms with Crippen LogP contribution < -0.4 is 14.8 Å². The molecule has 0 aliphatic heterocycles. The molecule has 3 rings (SSSR count). The molecule has 0 atom stereocenters. The van der Waals surface area contributed by atoms with E-state index in [4.69, 9.17) is 14.2 Å². The number of benzene rings is 3. The van der Waals surface area contributed by atoms with Crippen molar-refractivity contribution in [2.24, 2.45) is 0 Å². The number of esters is 1. The van der Waals surface area contributed by atoms with Gasteiger partial charge < -0.3 is 19.5 Å². The first-order valence-corrected chi connectivity index (χ1v) is 12.3. The van der Waals surface area contributed by atoms with Crippen molar-refractivity contribution in [3.63, 3.8) is 0 Å². The summed E-state index contributed by atoms with van der Waals surface area (Å²) in [6, 6.07) is 17.8. The fourth-order valence-electron chi connectivity index (χ4n) is 3.69. The molecule has 37 heavy (non-hydrogen) atoms. The van der Waals surface area contributed by atoms with E-state index in [9.17, 15) is 14.9 Å². The zero-order valence-electron chi connectivity index (χ0n) is 21.1. The second kappa shape index (κ2) is 12.7. The minimum atomic E-state index is -0.586. The van der Waals surface area contributed by atoms with E-state index < -0.39 is 11.9 Å². The lowest BCUT2D eigenvalue weighted by molar-refractivity contribution is -0.112. The number of aryl methyl sites for hydroxylation is 2. The van der Waals surface area contributed by atoms with Crippen molar-refractivity contribution in [1.29, 1.82) is 5.26 Å². The number of carbonyl (C=O) groups is 2. The Morgan fingerprint density at radius 2 is 1.73 bits per heavy atom. The minimum Gasteiger partial charge on any atom is -0.493 e. The predicted octanol–water partition coefficient (Wildman–Crippen LogP) is 6.38. The Labute approximate surface area is 224 Å². The molecule has 0 heterocycles. The number of nitrogens with zero attached hydrogens (tertiary/aromatic N) is 1. The van der Waals surface area contributed by atoms with E-state index in [1.807, 2.05) is 19.9 Å². The van der Waals surface area contributed by atoms with Gasteiger partial charge in [0.25, 0.3) is 5.91 Å². The standard InChI is InChI=1S/C29H27BrN2O5/c1-5-36-29(34)22-6-8-24(9-7-22)32-28(33)23(16-31)13-20-14-25(30)27(26(15-20)35-4)37-17-21-11-18(2)10-19(3)12-21/h6-15H,5,17H2,1-4H3,(H,32,33)/b23-13+. The number of ether oxygens (including phenoxy) is 3. The third kappa shape index (κ3) is 7.45. The molecule has 0 saturated heterocycles. The van der Waals surface area contributed by atoms with Gasteiger partial charge in [0.15, 0.2) is 11.5 Å².